The SMILES string of the molecule is CC.Cc1ccc2nnc(C(N)=O)n2c1. The van der Waals surface area contributed by atoms with Crippen LogP contribution in [0.3, 0.4) is 0 Å². The highest BCUT2D eigenvalue weighted by Crippen LogP contribution is 2.05. The molecule has 2 N–H and O–H groups in total. The summed E-state index contributed by atoms with van der Waals surface area (Å²) in [6.45, 7) is 5.92. The number of rotatable bonds is 1. The summed E-state index contributed by atoms with van der Waals surface area (Å²) in [6.07, 6.45) is 1.77. The minimum Gasteiger partial charge on any atom is -0.363 e. The molecule has 0 aliphatic rings. The number of hydrogen-bond acceptors (Lipinski definition) is 3. The molecule has 5 heteroatoms. The van der Waals surface area contributed by atoms with Crippen LogP contribution in [0.4, 0.5) is 0 Å². The number of pyridine rings is 1. The van der Waals surface area contributed by atoms with Gasteiger partial charge in [0, 0.05) is 6.20 Å². The van der Waals surface area contributed by atoms with Gasteiger partial charge in [-0.3, -0.25) is 9.20 Å². The van der Waals surface area contributed by atoms with Gasteiger partial charge in [-0.25, -0.2) is 0 Å². The zero-order chi connectivity index (χ0) is 11.4. The third-order valence-electron chi connectivity index (χ3n) is 1.77. The van der Waals surface area contributed by atoms with Crippen molar-refractivity contribution in [3.05, 3.63) is 29.7 Å². The highest BCUT2D eigenvalue weighted by atomic mass is 16.1. The Morgan fingerprint density at radius 1 is 1.33 bits per heavy atom. The van der Waals surface area contributed by atoms with E-state index >= 15 is 0 Å². The summed E-state index contributed by atoms with van der Waals surface area (Å²) in [5, 5.41) is 7.47. The van der Waals surface area contributed by atoms with Crippen LogP contribution in [-0.2, 0) is 0 Å². The van der Waals surface area contributed by atoms with E-state index in [1.807, 2.05) is 26.8 Å². The van der Waals surface area contributed by atoms with Gasteiger partial charge in [-0.05, 0) is 18.6 Å². The molecule has 0 unspecified atom stereocenters. The Kier molecular flexibility index (Phi) is 3.38. The topological polar surface area (TPSA) is 73.3 Å². The molecule has 15 heavy (non-hydrogen) atoms. The van der Waals surface area contributed by atoms with Gasteiger partial charge in [-0.1, -0.05) is 19.9 Å². The molecule has 0 aromatic carbocycles. The second kappa shape index (κ2) is 4.54. The second-order valence-electron chi connectivity index (χ2n) is 2.82. The quantitative estimate of drug-likeness (QED) is 0.761. The molecule has 2 heterocycles. The van der Waals surface area contributed by atoms with Crippen LogP contribution in [0, 0.1) is 6.92 Å². The van der Waals surface area contributed by atoms with E-state index in [1.165, 1.54) is 0 Å². The molecule has 2 rings (SSSR count). The molecule has 0 bridgehead atoms. The van der Waals surface area contributed by atoms with Crippen molar-refractivity contribution in [2.24, 2.45) is 5.73 Å². The molecule has 2 aromatic rings. The number of nitrogens with zero attached hydrogens (tertiary/aromatic N) is 3. The van der Waals surface area contributed by atoms with Crippen LogP contribution in [0.15, 0.2) is 18.3 Å². The van der Waals surface area contributed by atoms with Crippen molar-refractivity contribution in [2.45, 2.75) is 20.8 Å². The highest BCUT2D eigenvalue weighted by Gasteiger charge is 2.09. The van der Waals surface area contributed by atoms with Gasteiger partial charge in [-0.15, -0.1) is 10.2 Å². The number of aromatic nitrogens is 3. The number of amides is 1. The Bertz CT molecular complexity index is 475. The summed E-state index contributed by atoms with van der Waals surface area (Å²) in [7, 11) is 0. The monoisotopic (exact) mass is 206 g/mol. The van der Waals surface area contributed by atoms with Gasteiger partial charge in [0.05, 0.1) is 0 Å². The van der Waals surface area contributed by atoms with E-state index in [2.05, 4.69) is 10.2 Å². The van der Waals surface area contributed by atoms with Crippen LogP contribution in [0.1, 0.15) is 30.0 Å². The van der Waals surface area contributed by atoms with Crippen molar-refractivity contribution >= 4 is 11.6 Å². The van der Waals surface area contributed by atoms with Crippen molar-refractivity contribution in [2.75, 3.05) is 0 Å². The lowest BCUT2D eigenvalue weighted by atomic mass is 10.3. The summed E-state index contributed by atoms with van der Waals surface area (Å²) in [4.78, 5) is 10.9. The standard InChI is InChI=1S/C8H8N4O.C2H6/c1-5-2-3-6-10-11-8(7(9)13)12(6)4-5;1-2/h2-4H,1H3,(H2,9,13);1-2H3. The van der Waals surface area contributed by atoms with Gasteiger partial charge >= 0.3 is 0 Å². The maximum atomic E-state index is 10.9. The lowest BCUT2D eigenvalue weighted by Crippen LogP contribution is -2.15. The van der Waals surface area contributed by atoms with Crippen molar-refractivity contribution in [3.63, 3.8) is 0 Å². The van der Waals surface area contributed by atoms with Crippen LogP contribution in [0.2, 0.25) is 0 Å². The maximum absolute atomic E-state index is 10.9. The molecule has 0 saturated heterocycles. The van der Waals surface area contributed by atoms with E-state index < -0.39 is 5.91 Å². The Hall–Kier alpha value is -1.91. The number of hydrogen-bond donors (Lipinski definition) is 1. The van der Waals surface area contributed by atoms with Crippen LogP contribution in [-0.4, -0.2) is 20.5 Å². The molecule has 2 aromatic heterocycles. The zero-order valence-electron chi connectivity index (χ0n) is 9.06. The number of primary amides is 1. The molecule has 0 fully saturated rings. The van der Waals surface area contributed by atoms with E-state index in [-0.39, 0.29) is 5.82 Å². The average molecular weight is 206 g/mol. The fraction of sp³-hybridized carbons (Fsp3) is 0.300. The number of aryl methyl sites for hydroxylation is 1. The van der Waals surface area contributed by atoms with Crippen molar-refractivity contribution in [1.82, 2.24) is 14.6 Å². The largest absolute Gasteiger partial charge is 0.363 e. The van der Waals surface area contributed by atoms with Gasteiger partial charge in [0.25, 0.3) is 5.91 Å². The van der Waals surface area contributed by atoms with E-state index in [4.69, 9.17) is 5.73 Å². The molecular formula is C10H14N4O. The Labute approximate surface area is 87.9 Å². The van der Waals surface area contributed by atoms with Crippen LogP contribution in [0.25, 0.3) is 5.65 Å². The molecule has 0 aliphatic carbocycles. The van der Waals surface area contributed by atoms with Crippen molar-refractivity contribution < 1.29 is 4.79 Å². The molecule has 5 nitrogen and oxygen atoms in total. The predicted molar refractivity (Wildman–Crippen MR) is 57.6 cm³/mol. The molecule has 0 spiro atoms. The first-order valence-electron chi connectivity index (χ1n) is 4.79. The summed E-state index contributed by atoms with van der Waals surface area (Å²) in [5.74, 6) is -0.406. The first-order valence-corrected chi connectivity index (χ1v) is 4.79. The molecule has 80 valence electrons. The first-order chi connectivity index (χ1) is 7.18. The Morgan fingerprint density at radius 3 is 2.60 bits per heavy atom. The first kappa shape index (κ1) is 11.2. The molecule has 0 aliphatic heterocycles. The van der Waals surface area contributed by atoms with Gasteiger partial charge < -0.3 is 5.73 Å². The minimum atomic E-state index is -0.571. The summed E-state index contributed by atoms with van der Waals surface area (Å²) in [5.41, 5.74) is 6.76. The molecular weight excluding hydrogens is 192 g/mol. The summed E-state index contributed by atoms with van der Waals surface area (Å²) in [6, 6.07) is 3.68. The van der Waals surface area contributed by atoms with E-state index in [9.17, 15) is 4.79 Å². The fourth-order valence-electron chi connectivity index (χ4n) is 1.17. The highest BCUT2D eigenvalue weighted by molar-refractivity contribution is 5.89. The Balaban J connectivity index is 0.000000531. The third-order valence-corrected chi connectivity index (χ3v) is 1.77. The van der Waals surface area contributed by atoms with E-state index in [0.717, 1.165) is 5.56 Å². The predicted octanol–water partition coefficient (Wildman–Crippen LogP) is 1.16. The van der Waals surface area contributed by atoms with Gasteiger partial charge in [-0.2, -0.15) is 0 Å². The number of nitrogens with two attached hydrogens (primary N) is 1. The number of carbonyl (C=O) groups excluding carboxylic acids is 1. The third kappa shape index (κ3) is 2.12. The van der Waals surface area contributed by atoms with Crippen LogP contribution >= 0.6 is 0 Å². The lowest BCUT2D eigenvalue weighted by Gasteiger charge is -1.96. The molecule has 0 saturated carbocycles. The van der Waals surface area contributed by atoms with Crippen molar-refractivity contribution in [1.29, 1.82) is 0 Å². The normalized spacial score (nSPS) is 9.53. The maximum Gasteiger partial charge on any atom is 0.287 e. The van der Waals surface area contributed by atoms with Gasteiger partial charge in [0.2, 0.25) is 5.82 Å². The Morgan fingerprint density at radius 2 is 2.00 bits per heavy atom. The summed E-state index contributed by atoms with van der Waals surface area (Å²) >= 11 is 0. The van der Waals surface area contributed by atoms with E-state index in [0.29, 0.717) is 5.65 Å². The smallest absolute Gasteiger partial charge is 0.287 e. The van der Waals surface area contributed by atoms with Gasteiger partial charge in [0.1, 0.15) is 0 Å². The summed E-state index contributed by atoms with van der Waals surface area (Å²) < 4.78 is 1.58. The number of carbonyl (C=O) groups is 1. The molecule has 0 atom stereocenters. The zero-order valence-corrected chi connectivity index (χ0v) is 9.06. The van der Waals surface area contributed by atoms with Crippen molar-refractivity contribution in [3.8, 4) is 0 Å². The number of fused-ring (bicyclic) bond motifs is 1. The molecule has 1 amide bonds. The lowest BCUT2D eigenvalue weighted by molar-refractivity contribution is 0.0989. The minimum absolute atomic E-state index is 0.165. The second-order valence-corrected chi connectivity index (χ2v) is 2.82. The van der Waals surface area contributed by atoms with Crippen LogP contribution in [0.5, 0.6) is 0 Å². The van der Waals surface area contributed by atoms with Gasteiger partial charge in [0.15, 0.2) is 5.65 Å². The van der Waals surface area contributed by atoms with E-state index in [1.54, 1.807) is 16.7 Å². The fourth-order valence-corrected chi connectivity index (χ4v) is 1.17. The average Bonchev–Trinajstić information content (AvgIpc) is 2.63. The van der Waals surface area contributed by atoms with Crippen LogP contribution < -0.4 is 5.73 Å². The molecule has 0 radical (unpaired) electrons.